The van der Waals surface area contributed by atoms with Crippen LogP contribution in [0.4, 0.5) is 0 Å². The van der Waals surface area contributed by atoms with Crippen LogP contribution in [-0.4, -0.2) is 30.6 Å². The Hall–Kier alpha value is -0.340. The van der Waals surface area contributed by atoms with Crippen LogP contribution in [0, 0.1) is 0 Å². The smallest absolute Gasteiger partial charge is 0.0133 e. The summed E-state index contributed by atoms with van der Waals surface area (Å²) in [4.78, 5) is 2.55. The van der Waals surface area contributed by atoms with Crippen LogP contribution < -0.4 is 5.73 Å². The lowest BCUT2D eigenvalue weighted by atomic mass is 9.97. The van der Waals surface area contributed by atoms with Crippen molar-refractivity contribution in [1.82, 2.24) is 4.90 Å². The summed E-state index contributed by atoms with van der Waals surface area (Å²) < 4.78 is 0. The number of rotatable bonds is 1. The normalized spacial score (nSPS) is 35.7. The highest BCUT2D eigenvalue weighted by molar-refractivity contribution is 5.14. The lowest BCUT2D eigenvalue weighted by molar-refractivity contribution is 0.209. The molecule has 2 saturated heterocycles. The van der Waals surface area contributed by atoms with Gasteiger partial charge < -0.3 is 5.73 Å². The molecule has 0 aromatic heterocycles. The summed E-state index contributed by atoms with van der Waals surface area (Å²) in [5.41, 5.74) is 7.12. The Morgan fingerprint density at radius 3 is 2.50 bits per heavy atom. The van der Waals surface area contributed by atoms with E-state index >= 15 is 0 Å². The zero-order chi connectivity index (χ0) is 8.55. The lowest BCUT2D eigenvalue weighted by Gasteiger charge is -2.32. The molecule has 2 atom stereocenters. The second kappa shape index (κ2) is 3.19. The van der Waals surface area contributed by atoms with E-state index in [0.29, 0.717) is 0 Å². The van der Waals surface area contributed by atoms with Crippen molar-refractivity contribution in [3.8, 4) is 0 Å². The molecule has 0 radical (unpaired) electrons. The van der Waals surface area contributed by atoms with Crippen LogP contribution in [0.15, 0.2) is 11.6 Å². The van der Waals surface area contributed by atoms with Crippen molar-refractivity contribution in [3.63, 3.8) is 0 Å². The average molecular weight is 166 g/mol. The Labute approximate surface area is 74.4 Å². The number of fused-ring (bicyclic) bond motifs is 2. The third-order valence-corrected chi connectivity index (χ3v) is 3.39. The van der Waals surface area contributed by atoms with Crippen LogP contribution in [0.5, 0.6) is 0 Å². The predicted molar refractivity (Wildman–Crippen MR) is 50.9 cm³/mol. The van der Waals surface area contributed by atoms with E-state index in [0.717, 1.165) is 18.6 Å². The molecular formula is C10H18N2. The van der Waals surface area contributed by atoms with Crippen molar-refractivity contribution in [1.29, 1.82) is 0 Å². The molecular weight excluding hydrogens is 148 g/mol. The molecule has 2 heterocycles. The summed E-state index contributed by atoms with van der Waals surface area (Å²) in [7, 11) is 2.27. The summed E-state index contributed by atoms with van der Waals surface area (Å²) in [6, 6.07) is 1.64. The van der Waals surface area contributed by atoms with Gasteiger partial charge >= 0.3 is 0 Å². The van der Waals surface area contributed by atoms with E-state index in [-0.39, 0.29) is 0 Å². The van der Waals surface area contributed by atoms with Gasteiger partial charge in [-0.15, -0.1) is 0 Å². The first-order chi connectivity index (χ1) is 5.81. The van der Waals surface area contributed by atoms with E-state index in [4.69, 9.17) is 5.73 Å². The molecule has 0 aromatic rings. The van der Waals surface area contributed by atoms with E-state index < -0.39 is 0 Å². The number of hydrogen-bond donors (Lipinski definition) is 1. The van der Waals surface area contributed by atoms with Crippen molar-refractivity contribution in [2.75, 3.05) is 13.6 Å². The van der Waals surface area contributed by atoms with Crippen molar-refractivity contribution in [3.05, 3.63) is 11.6 Å². The largest absolute Gasteiger partial charge is 0.327 e. The van der Waals surface area contributed by atoms with Crippen LogP contribution in [0.1, 0.15) is 25.7 Å². The molecule has 12 heavy (non-hydrogen) atoms. The minimum Gasteiger partial charge on any atom is -0.327 e. The fourth-order valence-electron chi connectivity index (χ4n) is 2.60. The highest BCUT2D eigenvalue weighted by atomic mass is 15.2. The van der Waals surface area contributed by atoms with Gasteiger partial charge in [-0.1, -0.05) is 11.6 Å². The zero-order valence-electron chi connectivity index (χ0n) is 7.79. The first-order valence-electron chi connectivity index (χ1n) is 4.91. The van der Waals surface area contributed by atoms with E-state index in [1.165, 1.54) is 25.7 Å². The van der Waals surface area contributed by atoms with Gasteiger partial charge in [0.1, 0.15) is 0 Å². The van der Waals surface area contributed by atoms with Crippen LogP contribution in [0.25, 0.3) is 0 Å². The number of nitrogens with two attached hydrogens (primary N) is 1. The fourth-order valence-corrected chi connectivity index (χ4v) is 2.60. The molecule has 0 aromatic carbocycles. The second-order valence-electron chi connectivity index (χ2n) is 4.06. The molecule has 2 fully saturated rings. The fraction of sp³-hybridized carbons (Fsp3) is 0.800. The SMILES string of the molecule is CN1C2CCC1CC(=CCN)C2. The maximum atomic E-state index is 5.52. The van der Waals surface area contributed by atoms with Crippen molar-refractivity contribution in [2.24, 2.45) is 5.73 Å². The first-order valence-corrected chi connectivity index (χ1v) is 4.91. The molecule has 0 spiro atoms. The molecule has 2 aliphatic heterocycles. The molecule has 2 nitrogen and oxygen atoms in total. The van der Waals surface area contributed by atoms with Gasteiger partial charge in [0.15, 0.2) is 0 Å². The topological polar surface area (TPSA) is 29.3 Å². The van der Waals surface area contributed by atoms with Crippen molar-refractivity contribution < 1.29 is 0 Å². The minimum atomic E-state index is 0.721. The van der Waals surface area contributed by atoms with E-state index in [2.05, 4.69) is 18.0 Å². The molecule has 2 heteroatoms. The maximum absolute atomic E-state index is 5.52. The Balaban J connectivity index is 2.07. The first kappa shape index (κ1) is 8.27. The maximum Gasteiger partial charge on any atom is 0.0133 e. The highest BCUT2D eigenvalue weighted by Gasteiger charge is 2.35. The summed E-state index contributed by atoms with van der Waals surface area (Å²) in [5, 5.41) is 0. The number of nitrogens with zero attached hydrogens (tertiary/aromatic N) is 1. The molecule has 0 aliphatic carbocycles. The molecule has 2 aliphatic rings. The standard InChI is InChI=1S/C10H18N2/c1-12-9-2-3-10(12)7-8(6-9)4-5-11/h4,9-10H,2-3,5-7,11H2,1H3. The van der Waals surface area contributed by atoms with Crippen LogP contribution in [0.3, 0.4) is 0 Å². The zero-order valence-corrected chi connectivity index (χ0v) is 7.79. The third kappa shape index (κ3) is 1.29. The Kier molecular flexibility index (Phi) is 2.20. The molecule has 2 rings (SSSR count). The minimum absolute atomic E-state index is 0.721. The predicted octanol–water partition coefficient (Wildman–Crippen LogP) is 1.13. The highest BCUT2D eigenvalue weighted by Crippen LogP contribution is 2.36. The van der Waals surface area contributed by atoms with Crippen LogP contribution in [0.2, 0.25) is 0 Å². The molecule has 0 amide bonds. The summed E-state index contributed by atoms with van der Waals surface area (Å²) >= 11 is 0. The number of piperidine rings is 1. The van der Waals surface area contributed by atoms with Crippen molar-refractivity contribution >= 4 is 0 Å². The van der Waals surface area contributed by atoms with Gasteiger partial charge in [-0.2, -0.15) is 0 Å². The molecule has 68 valence electrons. The average Bonchev–Trinajstić information content (AvgIpc) is 2.33. The van der Waals surface area contributed by atoms with Gasteiger partial charge in [0.25, 0.3) is 0 Å². The van der Waals surface area contributed by atoms with Crippen LogP contribution in [-0.2, 0) is 0 Å². The van der Waals surface area contributed by atoms with Gasteiger partial charge in [0, 0.05) is 18.6 Å². The molecule has 2 unspecified atom stereocenters. The van der Waals surface area contributed by atoms with Gasteiger partial charge in [-0.3, -0.25) is 4.90 Å². The van der Waals surface area contributed by atoms with E-state index in [9.17, 15) is 0 Å². The third-order valence-electron chi connectivity index (χ3n) is 3.39. The lowest BCUT2D eigenvalue weighted by Crippen LogP contribution is -2.37. The summed E-state index contributed by atoms with van der Waals surface area (Å²) in [6.07, 6.45) is 7.54. The summed E-state index contributed by atoms with van der Waals surface area (Å²) in [6.45, 7) is 0.721. The van der Waals surface area contributed by atoms with Crippen LogP contribution >= 0.6 is 0 Å². The second-order valence-corrected chi connectivity index (χ2v) is 4.06. The van der Waals surface area contributed by atoms with Gasteiger partial charge in [0.05, 0.1) is 0 Å². The van der Waals surface area contributed by atoms with E-state index in [1.54, 1.807) is 5.57 Å². The van der Waals surface area contributed by atoms with Gasteiger partial charge in [-0.05, 0) is 32.7 Å². The molecule has 2 N–H and O–H groups in total. The Bertz CT molecular complexity index is 182. The number of hydrogen-bond acceptors (Lipinski definition) is 2. The van der Waals surface area contributed by atoms with Gasteiger partial charge in [0.2, 0.25) is 0 Å². The van der Waals surface area contributed by atoms with Crippen molar-refractivity contribution in [2.45, 2.75) is 37.8 Å². The Morgan fingerprint density at radius 2 is 2.00 bits per heavy atom. The Morgan fingerprint density at radius 1 is 1.42 bits per heavy atom. The molecule has 0 saturated carbocycles. The summed E-state index contributed by atoms with van der Waals surface area (Å²) in [5.74, 6) is 0. The van der Waals surface area contributed by atoms with E-state index in [1.807, 2.05) is 0 Å². The monoisotopic (exact) mass is 166 g/mol. The van der Waals surface area contributed by atoms with Gasteiger partial charge in [-0.25, -0.2) is 0 Å². The quantitative estimate of drug-likeness (QED) is 0.592. The molecule has 2 bridgehead atoms.